The molecule has 184 valence electrons. The van der Waals surface area contributed by atoms with Crippen molar-refractivity contribution in [2.75, 3.05) is 72.7 Å². The van der Waals surface area contributed by atoms with E-state index in [4.69, 9.17) is 46.3 Å². The van der Waals surface area contributed by atoms with Gasteiger partial charge in [-0.15, -0.1) is 0 Å². The zero-order valence-electron chi connectivity index (χ0n) is 18.3. The summed E-state index contributed by atoms with van der Waals surface area (Å²) < 4.78 is 58.3. The summed E-state index contributed by atoms with van der Waals surface area (Å²) in [6.45, 7) is 8.06. The number of aliphatic hydroxyl groups excluding tert-OH is 1. The molecule has 10 nitrogen and oxygen atoms in total. The molecule has 0 aromatic rings. The molecule has 0 aliphatic carbocycles. The molecule has 0 spiro atoms. The highest BCUT2D eigenvalue weighted by molar-refractivity contribution is 7.79. The van der Waals surface area contributed by atoms with Gasteiger partial charge in [0.15, 0.2) is 0 Å². The fraction of sp³-hybridized carbons (Fsp3) is 1.00. The molecule has 0 amide bonds. The first-order valence-electron chi connectivity index (χ1n) is 10.6. The largest absolute Gasteiger partial charge is 0.394 e. The summed E-state index contributed by atoms with van der Waals surface area (Å²) in [7, 11) is -4.67. The van der Waals surface area contributed by atoms with E-state index in [0.29, 0.717) is 59.5 Å². The van der Waals surface area contributed by atoms with Crippen molar-refractivity contribution >= 4 is 10.4 Å². The van der Waals surface area contributed by atoms with Crippen LogP contribution in [0.3, 0.4) is 0 Å². The summed E-state index contributed by atoms with van der Waals surface area (Å²) in [6.07, 6.45) is 9.16. The highest BCUT2D eigenvalue weighted by Crippen LogP contribution is 2.06. The van der Waals surface area contributed by atoms with Gasteiger partial charge in [0, 0.05) is 6.61 Å². The van der Waals surface area contributed by atoms with Gasteiger partial charge in [0.1, 0.15) is 0 Å². The molecule has 0 saturated heterocycles. The Morgan fingerprint density at radius 3 is 1.20 bits per heavy atom. The van der Waals surface area contributed by atoms with Gasteiger partial charge in [-0.3, -0.25) is 9.11 Å². The highest BCUT2D eigenvalue weighted by atomic mass is 32.3. The summed E-state index contributed by atoms with van der Waals surface area (Å²) in [4.78, 5) is 0. The van der Waals surface area contributed by atoms with E-state index in [1.807, 2.05) is 0 Å². The Morgan fingerprint density at radius 2 is 0.833 bits per heavy atom. The van der Waals surface area contributed by atoms with Crippen molar-refractivity contribution in [3.63, 3.8) is 0 Å². The van der Waals surface area contributed by atoms with Crippen LogP contribution in [0.2, 0.25) is 0 Å². The Balaban J connectivity index is 0. The maximum absolute atomic E-state index is 8.74. The number of rotatable bonds is 22. The Bertz CT molecular complexity index is 376. The minimum Gasteiger partial charge on any atom is -0.394 e. The topological polar surface area (TPSA) is 141 Å². The van der Waals surface area contributed by atoms with Crippen molar-refractivity contribution in [2.45, 2.75) is 51.9 Å². The first-order chi connectivity index (χ1) is 14.4. The second-order valence-corrected chi connectivity index (χ2v) is 7.25. The van der Waals surface area contributed by atoms with E-state index < -0.39 is 10.4 Å². The highest BCUT2D eigenvalue weighted by Gasteiger charge is 1.94. The molecule has 0 aliphatic heterocycles. The SMILES string of the molecule is CCCCCCCCCOCCOCCOCCOCCOCCO.O=S(=O)(O)O. The predicted octanol–water partition coefficient (Wildman–Crippen LogP) is 2.16. The zero-order chi connectivity index (χ0) is 22.8. The molecule has 0 aliphatic rings. The van der Waals surface area contributed by atoms with Crippen LogP contribution in [0.4, 0.5) is 0 Å². The van der Waals surface area contributed by atoms with Gasteiger partial charge >= 0.3 is 10.4 Å². The third kappa shape index (κ3) is 41.9. The molecule has 3 N–H and O–H groups in total. The summed E-state index contributed by atoms with van der Waals surface area (Å²) >= 11 is 0. The van der Waals surface area contributed by atoms with Crippen molar-refractivity contribution in [1.29, 1.82) is 0 Å². The lowest BCUT2D eigenvalue weighted by Crippen LogP contribution is -2.13. The van der Waals surface area contributed by atoms with Crippen LogP contribution in [-0.4, -0.2) is 95.3 Å². The quantitative estimate of drug-likeness (QED) is 0.162. The van der Waals surface area contributed by atoms with E-state index in [2.05, 4.69) is 6.92 Å². The van der Waals surface area contributed by atoms with Crippen LogP contribution in [0, 0.1) is 0 Å². The molecule has 0 aromatic heterocycles. The second kappa shape index (κ2) is 26.7. The molecule has 0 saturated carbocycles. The van der Waals surface area contributed by atoms with E-state index in [9.17, 15) is 0 Å². The molecule has 0 unspecified atom stereocenters. The normalized spacial score (nSPS) is 11.3. The lowest BCUT2D eigenvalue weighted by molar-refractivity contribution is -0.0134. The third-order valence-corrected chi connectivity index (χ3v) is 3.62. The van der Waals surface area contributed by atoms with Gasteiger partial charge in [0.2, 0.25) is 0 Å². The third-order valence-electron chi connectivity index (χ3n) is 3.62. The fourth-order valence-electron chi connectivity index (χ4n) is 2.21. The lowest BCUT2D eigenvalue weighted by atomic mass is 10.1. The minimum atomic E-state index is -4.67. The molecular weight excluding hydrogens is 420 g/mol. The molecule has 0 radical (unpaired) electrons. The van der Waals surface area contributed by atoms with Crippen LogP contribution < -0.4 is 0 Å². The molecule has 0 atom stereocenters. The lowest BCUT2D eigenvalue weighted by Gasteiger charge is -2.07. The van der Waals surface area contributed by atoms with E-state index >= 15 is 0 Å². The summed E-state index contributed by atoms with van der Waals surface area (Å²) in [6, 6.07) is 0. The summed E-state index contributed by atoms with van der Waals surface area (Å²) in [5, 5.41) is 8.52. The first-order valence-corrected chi connectivity index (χ1v) is 12.0. The molecule has 0 aromatic carbocycles. The van der Waals surface area contributed by atoms with Gasteiger partial charge in [-0.2, -0.15) is 8.42 Å². The van der Waals surface area contributed by atoms with Crippen LogP contribution >= 0.6 is 0 Å². The molecule has 30 heavy (non-hydrogen) atoms. The maximum atomic E-state index is 8.74. The molecule has 0 heterocycles. The standard InChI is InChI=1S/C19H40O6.H2O4S/c1-2-3-4-5-6-7-8-10-21-12-14-23-16-18-25-19-17-24-15-13-22-11-9-20;1-5(2,3)4/h20H,2-19H2,1H3;(H2,1,2,3,4). The van der Waals surface area contributed by atoms with Crippen molar-refractivity contribution in [3.8, 4) is 0 Å². The van der Waals surface area contributed by atoms with Crippen molar-refractivity contribution < 1.29 is 46.3 Å². The van der Waals surface area contributed by atoms with Crippen LogP contribution in [0.15, 0.2) is 0 Å². The predicted molar refractivity (Wildman–Crippen MR) is 113 cm³/mol. The molecule has 0 fully saturated rings. The van der Waals surface area contributed by atoms with Crippen LogP contribution in [0.1, 0.15) is 51.9 Å². The van der Waals surface area contributed by atoms with Crippen molar-refractivity contribution in [2.24, 2.45) is 0 Å². The number of aliphatic hydroxyl groups is 1. The van der Waals surface area contributed by atoms with E-state index in [0.717, 1.165) is 13.0 Å². The molecule has 0 rings (SSSR count). The monoisotopic (exact) mass is 462 g/mol. The smallest absolute Gasteiger partial charge is 0.394 e. The second-order valence-electron chi connectivity index (χ2n) is 6.35. The molecule has 11 heteroatoms. The van der Waals surface area contributed by atoms with Gasteiger partial charge in [-0.1, -0.05) is 45.4 Å². The van der Waals surface area contributed by atoms with E-state index in [1.165, 1.54) is 38.5 Å². The fourth-order valence-corrected chi connectivity index (χ4v) is 2.21. The van der Waals surface area contributed by atoms with E-state index in [1.54, 1.807) is 0 Å². The summed E-state index contributed by atoms with van der Waals surface area (Å²) in [5.41, 5.74) is 0. The van der Waals surface area contributed by atoms with Gasteiger partial charge in [-0.25, -0.2) is 0 Å². The number of ether oxygens (including phenoxy) is 5. The number of hydrogen-bond acceptors (Lipinski definition) is 8. The zero-order valence-corrected chi connectivity index (χ0v) is 19.2. The maximum Gasteiger partial charge on any atom is 0.394 e. The molecule has 0 bridgehead atoms. The summed E-state index contributed by atoms with van der Waals surface area (Å²) in [5.74, 6) is 0. The van der Waals surface area contributed by atoms with Gasteiger partial charge < -0.3 is 28.8 Å². The first kappa shape index (κ1) is 31.8. The Morgan fingerprint density at radius 1 is 0.533 bits per heavy atom. The molecular formula is C19H42O10S. The van der Waals surface area contributed by atoms with Crippen LogP contribution in [0.5, 0.6) is 0 Å². The minimum absolute atomic E-state index is 0.0489. The van der Waals surface area contributed by atoms with Crippen molar-refractivity contribution in [1.82, 2.24) is 0 Å². The Labute approximate surface area is 181 Å². The van der Waals surface area contributed by atoms with E-state index in [-0.39, 0.29) is 6.61 Å². The van der Waals surface area contributed by atoms with Crippen LogP contribution in [-0.2, 0) is 34.1 Å². The van der Waals surface area contributed by atoms with Crippen LogP contribution in [0.25, 0.3) is 0 Å². The Kier molecular flexibility index (Phi) is 28.3. The van der Waals surface area contributed by atoms with Gasteiger partial charge in [0.05, 0.1) is 66.1 Å². The van der Waals surface area contributed by atoms with Gasteiger partial charge in [-0.05, 0) is 6.42 Å². The van der Waals surface area contributed by atoms with Crippen molar-refractivity contribution in [3.05, 3.63) is 0 Å². The number of unbranched alkanes of at least 4 members (excludes halogenated alkanes) is 6. The van der Waals surface area contributed by atoms with Gasteiger partial charge in [0.25, 0.3) is 0 Å². The average Bonchev–Trinajstić information content (AvgIpc) is 2.68. The number of hydrogen-bond donors (Lipinski definition) is 3. The Hall–Kier alpha value is -0.370. The average molecular weight is 463 g/mol.